The average molecular weight is 348 g/mol. The molecule has 1 heterocycles. The van der Waals surface area contributed by atoms with Crippen LogP contribution in [-0.4, -0.2) is 18.1 Å². The van der Waals surface area contributed by atoms with Crippen molar-refractivity contribution in [3.63, 3.8) is 0 Å². The Labute approximate surface area is 112 Å². The van der Waals surface area contributed by atoms with Gasteiger partial charge in [0.25, 0.3) is 6.43 Å². The molecule has 1 aromatic heterocycles. The molecule has 0 N–H and O–H groups in total. The molecule has 0 spiro atoms. The molecule has 19 heavy (non-hydrogen) atoms. The number of hydrogen-bond donors (Lipinski definition) is 0. The Morgan fingerprint density at radius 3 is 2.47 bits per heavy atom. The molecule has 1 rings (SSSR count). The third kappa shape index (κ3) is 3.62. The highest BCUT2D eigenvalue weighted by Gasteiger charge is 2.38. The molecule has 0 aliphatic heterocycles. The van der Waals surface area contributed by atoms with E-state index in [1.54, 1.807) is 0 Å². The minimum atomic E-state index is -4.98. The predicted molar refractivity (Wildman–Crippen MR) is 57.6 cm³/mol. The van der Waals surface area contributed by atoms with Gasteiger partial charge in [-0.2, -0.15) is 13.2 Å². The number of alkyl halides is 5. The van der Waals surface area contributed by atoms with E-state index in [1.807, 2.05) is 0 Å². The van der Waals surface area contributed by atoms with Crippen LogP contribution in [0.4, 0.5) is 22.0 Å². The molecule has 0 saturated carbocycles. The zero-order valence-corrected chi connectivity index (χ0v) is 11.0. The summed E-state index contributed by atoms with van der Waals surface area (Å²) in [5, 5.41) is 0. The topological polar surface area (TPSA) is 39.2 Å². The van der Waals surface area contributed by atoms with E-state index < -0.39 is 41.7 Å². The molecule has 106 valence electrons. The van der Waals surface area contributed by atoms with Crippen molar-refractivity contribution in [1.82, 2.24) is 4.98 Å². The minimum absolute atomic E-state index is 0.249. The van der Waals surface area contributed by atoms with Crippen LogP contribution in [0.1, 0.15) is 23.1 Å². The number of rotatable bonds is 3. The van der Waals surface area contributed by atoms with Crippen molar-refractivity contribution < 1.29 is 31.5 Å². The van der Waals surface area contributed by atoms with Gasteiger partial charge in [-0.3, -0.25) is 4.79 Å². The number of halogens is 6. The molecule has 0 aromatic carbocycles. The molecule has 0 bridgehead atoms. The van der Waals surface area contributed by atoms with Gasteiger partial charge < -0.3 is 4.74 Å². The first-order valence-corrected chi connectivity index (χ1v) is 5.57. The fourth-order valence-corrected chi connectivity index (χ4v) is 1.86. The molecule has 0 aliphatic carbocycles. The number of esters is 1. The molecule has 0 fully saturated rings. The van der Waals surface area contributed by atoms with Crippen molar-refractivity contribution in [2.75, 3.05) is 7.11 Å². The molecular formula is C10H7BrF5NO2. The van der Waals surface area contributed by atoms with Crippen LogP contribution in [0, 0.1) is 0 Å². The van der Waals surface area contributed by atoms with E-state index in [2.05, 4.69) is 25.7 Å². The molecule has 3 nitrogen and oxygen atoms in total. The second-order valence-electron chi connectivity index (χ2n) is 3.41. The zero-order valence-electron chi connectivity index (χ0n) is 9.39. The summed E-state index contributed by atoms with van der Waals surface area (Å²) in [5.74, 6) is -0.941. The second kappa shape index (κ2) is 5.81. The lowest BCUT2D eigenvalue weighted by Gasteiger charge is -2.16. The van der Waals surface area contributed by atoms with Crippen LogP contribution in [-0.2, 0) is 22.1 Å². The van der Waals surface area contributed by atoms with Gasteiger partial charge in [-0.15, -0.1) is 0 Å². The van der Waals surface area contributed by atoms with Crippen LogP contribution in [0.25, 0.3) is 0 Å². The van der Waals surface area contributed by atoms with E-state index >= 15 is 0 Å². The SMILES string of the molecule is COC(=O)Cc1c(Br)ncc(C(F)(F)F)c1C(F)F. The summed E-state index contributed by atoms with van der Waals surface area (Å²) in [6.07, 6.45) is -8.81. The standard InChI is InChI=1S/C10H7BrF5NO2/c1-19-6(18)2-4-7(9(12)13)5(10(14,15)16)3-17-8(4)11/h3,9H,2H2,1H3. The number of aromatic nitrogens is 1. The lowest BCUT2D eigenvalue weighted by atomic mass is 10.0. The third-order valence-electron chi connectivity index (χ3n) is 2.24. The summed E-state index contributed by atoms with van der Waals surface area (Å²) in [6.45, 7) is 0. The van der Waals surface area contributed by atoms with Gasteiger partial charge in [-0.05, 0) is 15.9 Å². The number of nitrogens with zero attached hydrogens (tertiary/aromatic N) is 1. The van der Waals surface area contributed by atoms with Crippen LogP contribution < -0.4 is 0 Å². The van der Waals surface area contributed by atoms with Gasteiger partial charge in [0.2, 0.25) is 0 Å². The van der Waals surface area contributed by atoms with Crippen molar-refractivity contribution in [3.8, 4) is 0 Å². The van der Waals surface area contributed by atoms with Gasteiger partial charge in [-0.25, -0.2) is 13.8 Å². The number of hydrogen-bond acceptors (Lipinski definition) is 3. The number of carbonyl (C=O) groups is 1. The fourth-order valence-electron chi connectivity index (χ4n) is 1.40. The highest BCUT2D eigenvalue weighted by molar-refractivity contribution is 9.10. The summed E-state index contributed by atoms with van der Waals surface area (Å²) in [4.78, 5) is 14.4. The van der Waals surface area contributed by atoms with E-state index in [-0.39, 0.29) is 4.60 Å². The Hall–Kier alpha value is -1.25. The largest absolute Gasteiger partial charge is 0.469 e. The molecule has 1 aromatic rings. The van der Waals surface area contributed by atoms with Crippen LogP contribution in [0.5, 0.6) is 0 Å². The zero-order chi connectivity index (χ0) is 14.8. The molecule has 0 unspecified atom stereocenters. The van der Waals surface area contributed by atoms with Gasteiger partial charge in [0, 0.05) is 17.3 Å². The Balaban J connectivity index is 3.46. The van der Waals surface area contributed by atoms with E-state index in [4.69, 9.17) is 0 Å². The first-order valence-electron chi connectivity index (χ1n) is 4.78. The smallest absolute Gasteiger partial charge is 0.418 e. The van der Waals surface area contributed by atoms with Gasteiger partial charge in [0.15, 0.2) is 0 Å². The normalized spacial score (nSPS) is 11.8. The average Bonchev–Trinajstić information content (AvgIpc) is 2.29. The highest BCUT2D eigenvalue weighted by Crippen LogP contribution is 2.39. The molecule has 9 heteroatoms. The van der Waals surface area contributed by atoms with E-state index in [1.165, 1.54) is 0 Å². The predicted octanol–water partition coefficient (Wildman–Crippen LogP) is 3.52. The monoisotopic (exact) mass is 347 g/mol. The molecule has 0 aliphatic rings. The quantitative estimate of drug-likeness (QED) is 0.477. The van der Waals surface area contributed by atoms with Crippen LogP contribution >= 0.6 is 15.9 Å². The lowest BCUT2D eigenvalue weighted by molar-refractivity contribution is -0.141. The summed E-state index contributed by atoms with van der Waals surface area (Å²) < 4.78 is 67.6. The summed E-state index contributed by atoms with van der Waals surface area (Å²) in [6, 6.07) is 0. The number of carbonyl (C=O) groups excluding carboxylic acids is 1. The van der Waals surface area contributed by atoms with Crippen LogP contribution in [0.15, 0.2) is 10.8 Å². The molecular weight excluding hydrogens is 341 g/mol. The highest BCUT2D eigenvalue weighted by atomic mass is 79.9. The van der Waals surface area contributed by atoms with Crippen molar-refractivity contribution in [2.24, 2.45) is 0 Å². The summed E-state index contributed by atoms with van der Waals surface area (Å²) >= 11 is 2.75. The lowest BCUT2D eigenvalue weighted by Crippen LogP contribution is -2.16. The van der Waals surface area contributed by atoms with Crippen molar-refractivity contribution >= 4 is 21.9 Å². The first-order chi connectivity index (χ1) is 8.68. The van der Waals surface area contributed by atoms with Crippen molar-refractivity contribution in [1.29, 1.82) is 0 Å². The number of methoxy groups -OCH3 is 1. The Morgan fingerprint density at radius 2 is 2.05 bits per heavy atom. The maximum Gasteiger partial charge on any atom is 0.418 e. The number of pyridine rings is 1. The molecule has 0 saturated heterocycles. The van der Waals surface area contributed by atoms with Crippen LogP contribution in [0.2, 0.25) is 0 Å². The third-order valence-corrected chi connectivity index (χ3v) is 2.93. The Bertz CT molecular complexity index is 490. The fraction of sp³-hybridized carbons (Fsp3) is 0.400. The van der Waals surface area contributed by atoms with Crippen molar-refractivity contribution in [3.05, 3.63) is 27.5 Å². The summed E-state index contributed by atoms with van der Waals surface area (Å²) in [5.41, 5.74) is -3.36. The van der Waals surface area contributed by atoms with Gasteiger partial charge in [0.05, 0.1) is 19.1 Å². The second-order valence-corrected chi connectivity index (χ2v) is 4.16. The van der Waals surface area contributed by atoms with E-state index in [0.717, 1.165) is 7.11 Å². The maximum atomic E-state index is 12.9. The minimum Gasteiger partial charge on any atom is -0.469 e. The Morgan fingerprint density at radius 1 is 1.47 bits per heavy atom. The van der Waals surface area contributed by atoms with Gasteiger partial charge in [-0.1, -0.05) is 0 Å². The van der Waals surface area contributed by atoms with E-state index in [9.17, 15) is 26.7 Å². The molecule has 0 radical (unpaired) electrons. The molecule has 0 amide bonds. The number of ether oxygens (including phenoxy) is 1. The van der Waals surface area contributed by atoms with Gasteiger partial charge >= 0.3 is 12.1 Å². The summed E-state index contributed by atoms with van der Waals surface area (Å²) in [7, 11) is 0.999. The maximum absolute atomic E-state index is 12.9. The first kappa shape index (κ1) is 15.8. The van der Waals surface area contributed by atoms with E-state index in [0.29, 0.717) is 6.20 Å². The van der Waals surface area contributed by atoms with Crippen molar-refractivity contribution in [2.45, 2.75) is 19.0 Å². The Kier molecular flexibility index (Phi) is 4.83. The molecule has 0 atom stereocenters. The van der Waals surface area contributed by atoms with Gasteiger partial charge in [0.1, 0.15) is 4.60 Å². The van der Waals surface area contributed by atoms with Crippen LogP contribution in [0.3, 0.4) is 0 Å².